The summed E-state index contributed by atoms with van der Waals surface area (Å²) in [5.74, 6) is 0.641. The van der Waals surface area contributed by atoms with Crippen LogP contribution in [-0.2, 0) is 6.61 Å². The summed E-state index contributed by atoms with van der Waals surface area (Å²) in [6, 6.07) is 19.4. The van der Waals surface area contributed by atoms with Crippen LogP contribution in [0.5, 0.6) is 11.5 Å². The predicted molar refractivity (Wildman–Crippen MR) is 124 cm³/mol. The van der Waals surface area contributed by atoms with E-state index in [0.29, 0.717) is 40.9 Å². The smallest absolute Gasteiger partial charge is 0.321 e. The second-order valence-corrected chi connectivity index (χ2v) is 7.54. The van der Waals surface area contributed by atoms with Crippen LogP contribution in [0.3, 0.4) is 0 Å². The number of nitrogens with zero attached hydrogens (tertiary/aromatic N) is 1. The lowest BCUT2D eigenvalue weighted by Crippen LogP contribution is -2.27. The Balaban J connectivity index is 1.46. The number of urea groups is 1. The first-order chi connectivity index (χ1) is 15.5. The average Bonchev–Trinajstić information content (AvgIpc) is 3.24. The van der Waals surface area contributed by atoms with Crippen LogP contribution in [0.15, 0.2) is 66.7 Å². The molecule has 1 heterocycles. The Morgan fingerprint density at radius 2 is 1.94 bits per heavy atom. The topological polar surface area (TPSA) is 79.9 Å². The fraction of sp³-hybridized carbons (Fsp3) is 0.167. The maximum atomic E-state index is 12.8. The van der Waals surface area contributed by atoms with E-state index in [1.165, 1.54) is 7.11 Å². The molecule has 164 valence electrons. The molecular formula is C24H22ClN3O4. The van der Waals surface area contributed by atoms with Crippen LogP contribution in [0, 0.1) is 0 Å². The van der Waals surface area contributed by atoms with Gasteiger partial charge in [0.25, 0.3) is 5.91 Å². The van der Waals surface area contributed by atoms with Gasteiger partial charge in [-0.25, -0.2) is 4.79 Å². The Hall–Kier alpha value is -3.71. The van der Waals surface area contributed by atoms with Crippen LogP contribution >= 0.6 is 11.6 Å². The van der Waals surface area contributed by atoms with Crippen molar-refractivity contribution in [3.8, 4) is 11.5 Å². The number of ether oxygens (including phenoxy) is 2. The molecule has 0 saturated carbocycles. The number of anilines is 2. The van der Waals surface area contributed by atoms with E-state index in [4.69, 9.17) is 21.1 Å². The van der Waals surface area contributed by atoms with Crippen molar-refractivity contribution in [3.05, 3.63) is 82.9 Å². The monoisotopic (exact) mass is 451 g/mol. The van der Waals surface area contributed by atoms with Gasteiger partial charge < -0.3 is 20.1 Å². The van der Waals surface area contributed by atoms with Crippen molar-refractivity contribution >= 4 is 34.9 Å². The second kappa shape index (κ2) is 9.62. The van der Waals surface area contributed by atoms with Gasteiger partial charge in [-0.15, -0.1) is 0 Å². The largest absolute Gasteiger partial charge is 0.493 e. The molecule has 0 unspecified atom stereocenters. The Bertz CT molecular complexity index is 1150. The molecule has 3 amide bonds. The number of nitrogens with one attached hydrogen (secondary N) is 2. The first kappa shape index (κ1) is 21.5. The summed E-state index contributed by atoms with van der Waals surface area (Å²) < 4.78 is 11.3. The van der Waals surface area contributed by atoms with Gasteiger partial charge in [-0.05, 0) is 42.5 Å². The zero-order chi connectivity index (χ0) is 22.5. The second-order valence-electron chi connectivity index (χ2n) is 7.13. The number of hydrogen-bond acceptors (Lipinski definition) is 4. The SMILES string of the molecule is COc1cc(C(=O)Nc2cccc(N3CCNC3=O)c2)ccc1OCc1ccccc1Cl. The molecule has 32 heavy (non-hydrogen) atoms. The summed E-state index contributed by atoms with van der Waals surface area (Å²) in [5.41, 5.74) is 2.57. The lowest BCUT2D eigenvalue weighted by molar-refractivity contribution is 0.102. The highest BCUT2D eigenvalue weighted by molar-refractivity contribution is 6.31. The van der Waals surface area contributed by atoms with Gasteiger partial charge in [0.1, 0.15) is 6.61 Å². The molecule has 4 rings (SSSR count). The van der Waals surface area contributed by atoms with E-state index in [9.17, 15) is 9.59 Å². The van der Waals surface area contributed by atoms with Gasteiger partial charge in [0.05, 0.1) is 7.11 Å². The van der Waals surface area contributed by atoms with E-state index in [0.717, 1.165) is 11.3 Å². The Labute approximate surface area is 190 Å². The van der Waals surface area contributed by atoms with Gasteiger partial charge in [-0.2, -0.15) is 0 Å². The van der Waals surface area contributed by atoms with Crippen molar-refractivity contribution in [2.75, 3.05) is 30.4 Å². The van der Waals surface area contributed by atoms with Gasteiger partial charge in [0.2, 0.25) is 0 Å². The molecule has 1 aliphatic rings. The van der Waals surface area contributed by atoms with E-state index in [1.807, 2.05) is 24.3 Å². The minimum atomic E-state index is -0.302. The first-order valence-electron chi connectivity index (χ1n) is 10.1. The van der Waals surface area contributed by atoms with Crippen LogP contribution in [0.25, 0.3) is 0 Å². The molecule has 0 atom stereocenters. The average molecular weight is 452 g/mol. The van der Waals surface area contributed by atoms with Crippen molar-refractivity contribution in [1.29, 1.82) is 0 Å². The van der Waals surface area contributed by atoms with Crippen LogP contribution in [0.2, 0.25) is 5.02 Å². The van der Waals surface area contributed by atoms with E-state index in [-0.39, 0.29) is 18.5 Å². The van der Waals surface area contributed by atoms with Crippen molar-refractivity contribution in [3.63, 3.8) is 0 Å². The molecule has 3 aromatic carbocycles. The maximum Gasteiger partial charge on any atom is 0.321 e. The summed E-state index contributed by atoms with van der Waals surface area (Å²) in [6.07, 6.45) is 0. The lowest BCUT2D eigenvalue weighted by atomic mass is 10.1. The van der Waals surface area contributed by atoms with Crippen molar-refractivity contribution in [1.82, 2.24) is 5.32 Å². The fourth-order valence-electron chi connectivity index (χ4n) is 3.37. The van der Waals surface area contributed by atoms with Gasteiger partial charge in [0.15, 0.2) is 11.5 Å². The number of hydrogen-bond donors (Lipinski definition) is 2. The number of methoxy groups -OCH3 is 1. The minimum absolute atomic E-state index is 0.148. The van der Waals surface area contributed by atoms with Crippen molar-refractivity contribution in [2.45, 2.75) is 6.61 Å². The molecule has 0 aliphatic carbocycles. The predicted octanol–water partition coefficient (Wildman–Crippen LogP) is 4.71. The third-order valence-electron chi connectivity index (χ3n) is 5.04. The van der Waals surface area contributed by atoms with Gasteiger partial charge in [-0.3, -0.25) is 9.69 Å². The standard InChI is InChI=1S/C24H22ClN3O4/c1-31-22-13-16(9-10-21(22)32-15-17-5-2-3-8-20(17)25)23(29)27-18-6-4-7-19(14-18)28-12-11-26-24(28)30/h2-10,13-14H,11-12,15H2,1H3,(H,26,30)(H,27,29). The van der Waals surface area contributed by atoms with E-state index < -0.39 is 0 Å². The molecule has 2 N–H and O–H groups in total. The number of carbonyl (C=O) groups excluding carboxylic acids is 2. The molecule has 0 aromatic heterocycles. The number of amides is 3. The van der Waals surface area contributed by atoms with Gasteiger partial charge in [-0.1, -0.05) is 35.9 Å². The molecule has 0 spiro atoms. The van der Waals surface area contributed by atoms with Crippen LogP contribution in [0.1, 0.15) is 15.9 Å². The molecule has 7 nitrogen and oxygen atoms in total. The molecule has 0 radical (unpaired) electrons. The van der Waals surface area contributed by atoms with Crippen LogP contribution < -0.4 is 25.0 Å². The molecule has 8 heteroatoms. The highest BCUT2D eigenvalue weighted by Gasteiger charge is 2.21. The Morgan fingerprint density at radius 1 is 1.09 bits per heavy atom. The number of benzene rings is 3. The lowest BCUT2D eigenvalue weighted by Gasteiger charge is -2.16. The number of halogens is 1. The molecular weight excluding hydrogens is 430 g/mol. The van der Waals surface area contributed by atoms with Crippen molar-refractivity contribution < 1.29 is 19.1 Å². The van der Waals surface area contributed by atoms with Crippen LogP contribution in [-0.4, -0.2) is 32.1 Å². The summed E-state index contributed by atoms with van der Waals surface area (Å²) in [7, 11) is 1.52. The highest BCUT2D eigenvalue weighted by Crippen LogP contribution is 2.30. The summed E-state index contributed by atoms with van der Waals surface area (Å²) in [5, 5.41) is 6.25. The number of rotatable bonds is 7. The molecule has 0 bridgehead atoms. The van der Waals surface area contributed by atoms with Crippen molar-refractivity contribution in [2.24, 2.45) is 0 Å². The third-order valence-corrected chi connectivity index (χ3v) is 5.41. The molecule has 1 saturated heterocycles. The zero-order valence-corrected chi connectivity index (χ0v) is 18.2. The fourth-order valence-corrected chi connectivity index (χ4v) is 3.56. The van der Waals surface area contributed by atoms with E-state index in [2.05, 4.69) is 10.6 Å². The number of carbonyl (C=O) groups is 2. The quantitative estimate of drug-likeness (QED) is 0.545. The third kappa shape index (κ3) is 4.78. The molecule has 1 fully saturated rings. The normalized spacial score (nSPS) is 12.9. The summed E-state index contributed by atoms with van der Waals surface area (Å²) in [4.78, 5) is 26.3. The summed E-state index contributed by atoms with van der Waals surface area (Å²) >= 11 is 6.18. The maximum absolute atomic E-state index is 12.8. The highest BCUT2D eigenvalue weighted by atomic mass is 35.5. The van der Waals surface area contributed by atoms with Crippen LogP contribution in [0.4, 0.5) is 16.2 Å². The Kier molecular flexibility index (Phi) is 6.47. The van der Waals surface area contributed by atoms with Gasteiger partial charge in [0, 0.05) is 40.6 Å². The zero-order valence-electron chi connectivity index (χ0n) is 17.4. The Morgan fingerprint density at radius 3 is 2.69 bits per heavy atom. The minimum Gasteiger partial charge on any atom is -0.493 e. The van der Waals surface area contributed by atoms with Gasteiger partial charge >= 0.3 is 6.03 Å². The first-order valence-corrected chi connectivity index (χ1v) is 10.4. The molecule has 3 aromatic rings. The van der Waals surface area contributed by atoms with E-state index >= 15 is 0 Å². The molecule has 1 aliphatic heterocycles. The summed E-state index contributed by atoms with van der Waals surface area (Å²) in [6.45, 7) is 1.46. The van der Waals surface area contributed by atoms with E-state index in [1.54, 1.807) is 47.4 Å².